The summed E-state index contributed by atoms with van der Waals surface area (Å²) in [4.78, 5) is 2.45. The van der Waals surface area contributed by atoms with Crippen molar-refractivity contribution < 1.29 is 4.74 Å². The summed E-state index contributed by atoms with van der Waals surface area (Å²) >= 11 is 0. The highest BCUT2D eigenvalue weighted by Crippen LogP contribution is 2.40. The fourth-order valence-corrected chi connectivity index (χ4v) is 2.59. The summed E-state index contributed by atoms with van der Waals surface area (Å²) in [5.74, 6) is 0.622. The van der Waals surface area contributed by atoms with Gasteiger partial charge in [-0.05, 0) is 23.6 Å². The third-order valence-electron chi connectivity index (χ3n) is 3.79. The standard InChI is InChI=1S/C14H19NO/c1-11(2)12-3-5-13(6-4-12)15-7-14(8-15)9-16-10-14/h3-6,11H,7-10H2,1-2H3. The molecule has 1 aromatic rings. The van der Waals surface area contributed by atoms with Gasteiger partial charge >= 0.3 is 0 Å². The lowest BCUT2D eigenvalue weighted by molar-refractivity contribution is -0.127. The Kier molecular flexibility index (Phi) is 2.21. The van der Waals surface area contributed by atoms with Gasteiger partial charge in [0.1, 0.15) is 0 Å². The van der Waals surface area contributed by atoms with Crippen LogP contribution in [0, 0.1) is 5.41 Å². The third-order valence-corrected chi connectivity index (χ3v) is 3.79. The molecule has 1 spiro atoms. The monoisotopic (exact) mass is 217 g/mol. The fraction of sp³-hybridized carbons (Fsp3) is 0.571. The highest BCUT2D eigenvalue weighted by atomic mass is 16.5. The van der Waals surface area contributed by atoms with Crippen LogP contribution in [0.5, 0.6) is 0 Å². The van der Waals surface area contributed by atoms with E-state index >= 15 is 0 Å². The van der Waals surface area contributed by atoms with Gasteiger partial charge < -0.3 is 9.64 Å². The summed E-state index contributed by atoms with van der Waals surface area (Å²) < 4.78 is 5.29. The average Bonchev–Trinajstić information content (AvgIpc) is 2.14. The van der Waals surface area contributed by atoms with E-state index in [1.165, 1.54) is 24.3 Å². The van der Waals surface area contributed by atoms with Crippen molar-refractivity contribution >= 4 is 5.69 Å². The van der Waals surface area contributed by atoms with E-state index in [1.807, 2.05) is 0 Å². The molecular weight excluding hydrogens is 198 g/mol. The lowest BCUT2D eigenvalue weighted by atomic mass is 9.77. The summed E-state index contributed by atoms with van der Waals surface area (Å²) in [7, 11) is 0. The molecule has 1 aromatic carbocycles. The molecular formula is C14H19NO. The predicted octanol–water partition coefficient (Wildman–Crippen LogP) is 2.65. The molecule has 0 N–H and O–H groups in total. The van der Waals surface area contributed by atoms with Crippen LogP contribution < -0.4 is 4.90 Å². The molecule has 0 bridgehead atoms. The summed E-state index contributed by atoms with van der Waals surface area (Å²) in [5, 5.41) is 0. The molecule has 86 valence electrons. The second-order valence-electron chi connectivity index (χ2n) is 5.60. The summed E-state index contributed by atoms with van der Waals surface area (Å²) in [5.41, 5.74) is 3.30. The van der Waals surface area contributed by atoms with Crippen molar-refractivity contribution in [2.75, 3.05) is 31.2 Å². The van der Waals surface area contributed by atoms with Crippen LogP contribution in [0.25, 0.3) is 0 Å². The molecule has 2 heterocycles. The maximum absolute atomic E-state index is 5.29. The van der Waals surface area contributed by atoms with Crippen molar-refractivity contribution in [3.63, 3.8) is 0 Å². The van der Waals surface area contributed by atoms with Crippen LogP contribution in [-0.4, -0.2) is 26.3 Å². The number of hydrogen-bond donors (Lipinski definition) is 0. The topological polar surface area (TPSA) is 12.5 Å². The van der Waals surface area contributed by atoms with E-state index in [2.05, 4.69) is 43.0 Å². The van der Waals surface area contributed by atoms with Gasteiger partial charge in [-0.2, -0.15) is 0 Å². The van der Waals surface area contributed by atoms with Gasteiger partial charge in [0.2, 0.25) is 0 Å². The van der Waals surface area contributed by atoms with E-state index in [9.17, 15) is 0 Å². The van der Waals surface area contributed by atoms with Crippen molar-refractivity contribution in [1.29, 1.82) is 0 Å². The van der Waals surface area contributed by atoms with Gasteiger partial charge in [-0.25, -0.2) is 0 Å². The highest BCUT2D eigenvalue weighted by Gasteiger charge is 2.48. The van der Waals surface area contributed by atoms with Gasteiger partial charge in [0.25, 0.3) is 0 Å². The molecule has 2 saturated heterocycles. The van der Waals surface area contributed by atoms with Crippen LogP contribution in [0.3, 0.4) is 0 Å². The normalized spacial score (nSPS) is 22.1. The Balaban J connectivity index is 1.67. The molecule has 2 aliphatic heterocycles. The zero-order valence-corrected chi connectivity index (χ0v) is 10.1. The Morgan fingerprint density at radius 2 is 1.75 bits per heavy atom. The lowest BCUT2D eigenvalue weighted by Gasteiger charge is -2.56. The van der Waals surface area contributed by atoms with Crippen LogP contribution in [0.1, 0.15) is 25.3 Å². The van der Waals surface area contributed by atoms with Crippen molar-refractivity contribution in [2.45, 2.75) is 19.8 Å². The molecule has 0 radical (unpaired) electrons. The predicted molar refractivity (Wildman–Crippen MR) is 66.0 cm³/mol. The first-order valence-corrected chi connectivity index (χ1v) is 6.11. The van der Waals surface area contributed by atoms with Crippen LogP contribution in [0.4, 0.5) is 5.69 Å². The molecule has 0 amide bonds. The molecule has 0 unspecified atom stereocenters. The van der Waals surface area contributed by atoms with Gasteiger partial charge in [-0.15, -0.1) is 0 Å². The molecule has 16 heavy (non-hydrogen) atoms. The van der Waals surface area contributed by atoms with Gasteiger partial charge in [0.05, 0.1) is 18.6 Å². The van der Waals surface area contributed by atoms with E-state index in [-0.39, 0.29) is 0 Å². The van der Waals surface area contributed by atoms with Crippen molar-refractivity contribution in [2.24, 2.45) is 5.41 Å². The van der Waals surface area contributed by atoms with E-state index < -0.39 is 0 Å². The second kappa shape index (κ2) is 3.49. The van der Waals surface area contributed by atoms with Crippen molar-refractivity contribution in [3.05, 3.63) is 29.8 Å². The molecule has 0 aromatic heterocycles. The minimum atomic E-state index is 0.511. The smallest absolute Gasteiger partial charge is 0.0579 e. The van der Waals surface area contributed by atoms with Gasteiger partial charge in [-0.3, -0.25) is 0 Å². The second-order valence-corrected chi connectivity index (χ2v) is 5.60. The minimum absolute atomic E-state index is 0.511. The number of anilines is 1. The Bertz CT molecular complexity index is 370. The number of benzene rings is 1. The number of nitrogens with zero attached hydrogens (tertiary/aromatic N) is 1. The van der Waals surface area contributed by atoms with Crippen LogP contribution in [0.15, 0.2) is 24.3 Å². The number of ether oxygens (including phenoxy) is 1. The molecule has 0 saturated carbocycles. The Labute approximate surface area is 97.2 Å². The highest BCUT2D eigenvalue weighted by molar-refractivity contribution is 5.51. The van der Waals surface area contributed by atoms with Gasteiger partial charge in [-0.1, -0.05) is 26.0 Å². The van der Waals surface area contributed by atoms with Crippen molar-refractivity contribution in [3.8, 4) is 0 Å². The van der Waals surface area contributed by atoms with Gasteiger partial charge in [0, 0.05) is 18.8 Å². The molecule has 0 atom stereocenters. The first kappa shape index (κ1) is 10.2. The Hall–Kier alpha value is -1.02. The van der Waals surface area contributed by atoms with Crippen molar-refractivity contribution in [1.82, 2.24) is 0 Å². The summed E-state index contributed by atoms with van der Waals surface area (Å²) in [6.07, 6.45) is 0. The minimum Gasteiger partial charge on any atom is -0.380 e. The summed E-state index contributed by atoms with van der Waals surface area (Å²) in [6.45, 7) is 8.75. The zero-order chi connectivity index (χ0) is 11.2. The Morgan fingerprint density at radius 1 is 1.12 bits per heavy atom. The maximum Gasteiger partial charge on any atom is 0.0579 e. The third kappa shape index (κ3) is 1.52. The van der Waals surface area contributed by atoms with Crippen LogP contribution in [-0.2, 0) is 4.74 Å². The molecule has 2 nitrogen and oxygen atoms in total. The van der Waals surface area contributed by atoms with Crippen LogP contribution in [0.2, 0.25) is 0 Å². The molecule has 3 rings (SSSR count). The van der Waals surface area contributed by atoms with Gasteiger partial charge in [0.15, 0.2) is 0 Å². The van der Waals surface area contributed by atoms with E-state index in [0.717, 1.165) is 13.2 Å². The quantitative estimate of drug-likeness (QED) is 0.755. The number of hydrogen-bond acceptors (Lipinski definition) is 2. The molecule has 0 aliphatic carbocycles. The van der Waals surface area contributed by atoms with Crippen LogP contribution >= 0.6 is 0 Å². The Morgan fingerprint density at radius 3 is 2.19 bits per heavy atom. The number of rotatable bonds is 2. The molecule has 2 heteroatoms. The van der Waals surface area contributed by atoms with E-state index in [0.29, 0.717) is 11.3 Å². The maximum atomic E-state index is 5.29. The van der Waals surface area contributed by atoms with E-state index in [1.54, 1.807) is 0 Å². The lowest BCUT2D eigenvalue weighted by Crippen LogP contribution is -2.66. The average molecular weight is 217 g/mol. The SMILES string of the molecule is CC(C)c1ccc(N2CC3(COC3)C2)cc1. The fourth-order valence-electron chi connectivity index (χ4n) is 2.59. The first-order chi connectivity index (χ1) is 7.69. The summed E-state index contributed by atoms with van der Waals surface area (Å²) in [6, 6.07) is 9.01. The first-order valence-electron chi connectivity index (χ1n) is 6.11. The zero-order valence-electron chi connectivity index (χ0n) is 10.1. The largest absolute Gasteiger partial charge is 0.380 e. The molecule has 2 aliphatic rings. The molecule has 2 fully saturated rings. The van der Waals surface area contributed by atoms with E-state index in [4.69, 9.17) is 4.74 Å².